The minimum atomic E-state index is 0.125. The minimum absolute atomic E-state index is 0.125. The van der Waals surface area contributed by atoms with Crippen LogP contribution in [0.3, 0.4) is 0 Å². The van der Waals surface area contributed by atoms with Crippen molar-refractivity contribution in [1.29, 1.82) is 0 Å². The molecule has 0 saturated heterocycles. The van der Waals surface area contributed by atoms with Crippen LogP contribution in [0.1, 0.15) is 37.8 Å². The zero-order valence-corrected chi connectivity index (χ0v) is 13.0. The second kappa shape index (κ2) is 5.53. The molecule has 0 aliphatic carbocycles. The van der Waals surface area contributed by atoms with Crippen molar-refractivity contribution < 1.29 is 4.74 Å². The first-order chi connectivity index (χ1) is 10.0. The third-order valence-electron chi connectivity index (χ3n) is 3.72. The first kappa shape index (κ1) is 14.1. The molecular formula is C17H23N3O. The van der Waals surface area contributed by atoms with E-state index in [0.29, 0.717) is 5.92 Å². The average molecular weight is 285 g/mol. The third kappa shape index (κ3) is 3.45. The van der Waals surface area contributed by atoms with Crippen LogP contribution in [0.5, 0.6) is 5.75 Å². The maximum Gasteiger partial charge on any atom is 0.122 e. The second-order valence-corrected chi connectivity index (χ2v) is 6.72. The van der Waals surface area contributed by atoms with Gasteiger partial charge in [0, 0.05) is 35.3 Å². The van der Waals surface area contributed by atoms with Crippen LogP contribution in [0.4, 0.5) is 0 Å². The van der Waals surface area contributed by atoms with Gasteiger partial charge in [0.15, 0.2) is 0 Å². The van der Waals surface area contributed by atoms with Crippen LogP contribution in [-0.2, 0) is 13.1 Å². The third-order valence-corrected chi connectivity index (χ3v) is 3.72. The summed E-state index contributed by atoms with van der Waals surface area (Å²) in [5.41, 5.74) is 2.64. The number of benzene rings is 1. The topological polar surface area (TPSA) is 39.1 Å². The molecule has 0 spiro atoms. The molecule has 4 nitrogen and oxygen atoms in total. The van der Waals surface area contributed by atoms with E-state index in [4.69, 9.17) is 4.74 Å². The summed E-state index contributed by atoms with van der Waals surface area (Å²) in [6.07, 6.45) is 4.07. The highest BCUT2D eigenvalue weighted by Gasteiger charge is 2.24. The lowest BCUT2D eigenvalue weighted by Gasteiger charge is -2.19. The highest BCUT2D eigenvalue weighted by Crippen LogP contribution is 2.34. The first-order valence-corrected chi connectivity index (χ1v) is 7.49. The molecule has 1 aliphatic heterocycles. The Balaban J connectivity index is 1.63. The lowest BCUT2D eigenvalue weighted by atomic mass is 10.0. The fourth-order valence-electron chi connectivity index (χ4n) is 2.57. The Labute approximate surface area is 126 Å². The monoisotopic (exact) mass is 285 g/mol. The number of fused-ring (bicyclic) bond motifs is 1. The summed E-state index contributed by atoms with van der Waals surface area (Å²) in [6.45, 7) is 8.97. The lowest BCUT2D eigenvalue weighted by molar-refractivity contribution is 0.315. The molecule has 1 N–H and O–H groups in total. The number of ether oxygens (including phenoxy) is 1. The van der Waals surface area contributed by atoms with E-state index in [1.165, 1.54) is 11.1 Å². The quantitative estimate of drug-likeness (QED) is 0.938. The Kier molecular flexibility index (Phi) is 3.72. The maximum atomic E-state index is 5.73. The van der Waals surface area contributed by atoms with Gasteiger partial charge in [-0.1, -0.05) is 18.2 Å². The number of hydrogen-bond donors (Lipinski definition) is 1. The van der Waals surface area contributed by atoms with Crippen molar-refractivity contribution in [2.75, 3.05) is 6.61 Å². The molecule has 1 aliphatic rings. The Morgan fingerprint density at radius 3 is 2.95 bits per heavy atom. The molecule has 0 fully saturated rings. The van der Waals surface area contributed by atoms with E-state index in [0.717, 1.165) is 25.4 Å². The van der Waals surface area contributed by atoms with Crippen LogP contribution >= 0.6 is 0 Å². The molecule has 21 heavy (non-hydrogen) atoms. The van der Waals surface area contributed by atoms with Gasteiger partial charge in [-0.3, -0.25) is 4.68 Å². The van der Waals surface area contributed by atoms with E-state index in [2.05, 4.69) is 49.5 Å². The Hall–Kier alpha value is -1.81. The smallest absolute Gasteiger partial charge is 0.122 e. The number of nitrogens with zero attached hydrogens (tertiary/aromatic N) is 2. The molecule has 0 amide bonds. The number of rotatable bonds is 4. The van der Waals surface area contributed by atoms with Crippen molar-refractivity contribution in [2.45, 2.75) is 45.3 Å². The molecule has 0 radical (unpaired) electrons. The van der Waals surface area contributed by atoms with Crippen molar-refractivity contribution in [3.63, 3.8) is 0 Å². The Morgan fingerprint density at radius 1 is 1.33 bits per heavy atom. The predicted octanol–water partition coefficient (Wildman–Crippen LogP) is 2.95. The van der Waals surface area contributed by atoms with E-state index >= 15 is 0 Å². The summed E-state index contributed by atoms with van der Waals surface area (Å²) in [5.74, 6) is 1.41. The summed E-state index contributed by atoms with van der Waals surface area (Å²) in [5, 5.41) is 7.96. The van der Waals surface area contributed by atoms with Crippen molar-refractivity contribution in [2.24, 2.45) is 0 Å². The molecule has 0 bridgehead atoms. The molecule has 1 aromatic carbocycles. The zero-order chi connectivity index (χ0) is 14.9. The zero-order valence-electron chi connectivity index (χ0n) is 13.0. The van der Waals surface area contributed by atoms with E-state index in [1.807, 2.05) is 23.0 Å². The SMILES string of the molecule is CC(C)(C)NCc1cnn(CC2COc3ccccc32)c1. The molecule has 1 atom stereocenters. The highest BCUT2D eigenvalue weighted by atomic mass is 16.5. The van der Waals surface area contributed by atoms with E-state index in [-0.39, 0.29) is 5.54 Å². The van der Waals surface area contributed by atoms with Gasteiger partial charge in [-0.2, -0.15) is 5.10 Å². The molecule has 3 rings (SSSR count). The number of nitrogens with one attached hydrogen (secondary N) is 1. The second-order valence-electron chi connectivity index (χ2n) is 6.72. The van der Waals surface area contributed by atoms with E-state index in [1.54, 1.807) is 0 Å². The fraction of sp³-hybridized carbons (Fsp3) is 0.471. The molecule has 4 heteroatoms. The summed E-state index contributed by atoms with van der Waals surface area (Å²) in [6, 6.07) is 8.28. The molecule has 2 heterocycles. The Bertz CT molecular complexity index is 612. The number of aromatic nitrogens is 2. The largest absolute Gasteiger partial charge is 0.493 e. The first-order valence-electron chi connectivity index (χ1n) is 7.49. The van der Waals surface area contributed by atoms with Gasteiger partial charge in [0.2, 0.25) is 0 Å². The average Bonchev–Trinajstić information content (AvgIpc) is 3.04. The molecule has 112 valence electrons. The highest BCUT2D eigenvalue weighted by molar-refractivity contribution is 5.39. The molecule has 1 aromatic heterocycles. The lowest BCUT2D eigenvalue weighted by Crippen LogP contribution is -2.34. The van der Waals surface area contributed by atoms with Crippen LogP contribution < -0.4 is 10.1 Å². The summed E-state index contributed by atoms with van der Waals surface area (Å²) in [4.78, 5) is 0. The van der Waals surface area contributed by atoms with Crippen LogP contribution in [-0.4, -0.2) is 21.9 Å². The standard InChI is InChI=1S/C17H23N3O/c1-17(2,3)18-8-13-9-19-20(10-13)11-14-12-21-16-7-5-4-6-15(14)16/h4-7,9-10,14,18H,8,11-12H2,1-3H3. The normalized spacial score (nSPS) is 17.6. The van der Waals surface area contributed by atoms with Gasteiger partial charge in [-0.25, -0.2) is 0 Å². The van der Waals surface area contributed by atoms with Gasteiger partial charge < -0.3 is 10.1 Å². The van der Waals surface area contributed by atoms with Crippen molar-refractivity contribution in [3.8, 4) is 5.75 Å². The molecule has 1 unspecified atom stereocenters. The van der Waals surface area contributed by atoms with E-state index in [9.17, 15) is 0 Å². The van der Waals surface area contributed by atoms with Crippen LogP contribution in [0.15, 0.2) is 36.7 Å². The maximum absolute atomic E-state index is 5.73. The van der Waals surface area contributed by atoms with Gasteiger partial charge in [0.05, 0.1) is 19.3 Å². The fourth-order valence-corrected chi connectivity index (χ4v) is 2.57. The van der Waals surface area contributed by atoms with Crippen LogP contribution in [0.25, 0.3) is 0 Å². The molecule has 0 saturated carbocycles. The van der Waals surface area contributed by atoms with Crippen LogP contribution in [0, 0.1) is 0 Å². The number of hydrogen-bond acceptors (Lipinski definition) is 3. The predicted molar refractivity (Wildman–Crippen MR) is 83.5 cm³/mol. The van der Waals surface area contributed by atoms with Gasteiger partial charge in [-0.05, 0) is 26.8 Å². The summed E-state index contributed by atoms with van der Waals surface area (Å²) >= 11 is 0. The van der Waals surface area contributed by atoms with Gasteiger partial charge in [0.1, 0.15) is 5.75 Å². The van der Waals surface area contributed by atoms with Gasteiger partial charge >= 0.3 is 0 Å². The number of para-hydroxylation sites is 1. The van der Waals surface area contributed by atoms with Gasteiger partial charge in [-0.15, -0.1) is 0 Å². The van der Waals surface area contributed by atoms with Crippen molar-refractivity contribution in [3.05, 3.63) is 47.8 Å². The van der Waals surface area contributed by atoms with E-state index < -0.39 is 0 Å². The van der Waals surface area contributed by atoms with Gasteiger partial charge in [0.25, 0.3) is 0 Å². The molecule has 2 aromatic rings. The molecular weight excluding hydrogens is 262 g/mol. The van der Waals surface area contributed by atoms with Crippen molar-refractivity contribution >= 4 is 0 Å². The summed E-state index contributed by atoms with van der Waals surface area (Å²) in [7, 11) is 0. The Morgan fingerprint density at radius 2 is 2.14 bits per heavy atom. The summed E-state index contributed by atoms with van der Waals surface area (Å²) < 4.78 is 7.75. The van der Waals surface area contributed by atoms with Crippen LogP contribution in [0.2, 0.25) is 0 Å². The van der Waals surface area contributed by atoms with Crippen molar-refractivity contribution in [1.82, 2.24) is 15.1 Å². The minimum Gasteiger partial charge on any atom is -0.493 e.